The molecule has 1 aromatic carbocycles. The maximum Gasteiger partial charge on any atom is 0.402 e. The molecule has 2 heterocycles. The molecule has 2 saturated heterocycles. The van der Waals surface area contributed by atoms with E-state index in [4.69, 9.17) is 0 Å². The summed E-state index contributed by atoms with van der Waals surface area (Å²) in [5, 5.41) is 12.8. The van der Waals surface area contributed by atoms with Crippen molar-refractivity contribution in [2.24, 2.45) is 17.8 Å². The van der Waals surface area contributed by atoms with Crippen LogP contribution in [-0.2, 0) is 23.1 Å². The predicted molar refractivity (Wildman–Crippen MR) is 129 cm³/mol. The van der Waals surface area contributed by atoms with Crippen molar-refractivity contribution < 1.29 is 39.4 Å². The van der Waals surface area contributed by atoms with Crippen molar-refractivity contribution in [3.63, 3.8) is 0 Å². The number of alkyl halides is 6. The Balaban J connectivity index is 1.28. The quantitative estimate of drug-likeness (QED) is 0.330. The molecule has 1 N–H and O–H groups in total. The van der Waals surface area contributed by atoms with Crippen molar-refractivity contribution in [3.8, 4) is 0 Å². The van der Waals surface area contributed by atoms with Gasteiger partial charge in [-0.05, 0) is 60.3 Å². The maximum absolute atomic E-state index is 13.1. The monoisotopic (exact) mass is 567 g/mol. The fourth-order valence-electron chi connectivity index (χ4n) is 6.90. The molecule has 1 aromatic rings. The smallest absolute Gasteiger partial charge is 0.402 e. The van der Waals surface area contributed by atoms with E-state index < -0.39 is 45.2 Å². The minimum absolute atomic E-state index is 0.0757. The van der Waals surface area contributed by atoms with E-state index in [1.165, 1.54) is 0 Å². The van der Waals surface area contributed by atoms with Gasteiger partial charge in [0.15, 0.2) is 0 Å². The number of quaternary nitrogens is 1. The van der Waals surface area contributed by atoms with Crippen LogP contribution in [0.5, 0.6) is 0 Å². The zero-order valence-electron chi connectivity index (χ0n) is 20.7. The van der Waals surface area contributed by atoms with Gasteiger partial charge in [0.05, 0.1) is 31.1 Å². The Labute approximate surface area is 218 Å². The predicted octanol–water partition coefficient (Wildman–Crippen LogP) is 4.56. The summed E-state index contributed by atoms with van der Waals surface area (Å²) >= 11 is 0. The highest BCUT2D eigenvalue weighted by molar-refractivity contribution is 7.87. The van der Waals surface area contributed by atoms with Crippen LogP contribution in [0.25, 0.3) is 6.08 Å². The van der Waals surface area contributed by atoms with Crippen LogP contribution < -0.4 is 4.72 Å². The summed E-state index contributed by atoms with van der Waals surface area (Å²) in [6, 6.07) is 5.78. The number of fused-ring (bicyclic) bond motifs is 1. The number of nitrogens with zero attached hydrogens (tertiary/aromatic N) is 2. The number of hydrogen-bond donors (Lipinski definition) is 1. The van der Waals surface area contributed by atoms with Crippen LogP contribution in [0.15, 0.2) is 24.3 Å². The van der Waals surface area contributed by atoms with E-state index >= 15 is 0 Å². The molecule has 212 valence electrons. The third-order valence-electron chi connectivity index (χ3n) is 8.92. The first-order valence-corrected chi connectivity index (χ1v) is 14.3. The average Bonchev–Trinajstić information content (AvgIpc) is 3.17. The Kier molecular flexibility index (Phi) is 6.94. The normalized spacial score (nSPS) is 35.6. The molecule has 6 nitrogen and oxygen atoms in total. The van der Waals surface area contributed by atoms with Gasteiger partial charge in [-0.25, -0.2) is 0 Å². The first-order valence-electron chi connectivity index (χ1n) is 12.9. The number of benzene rings is 1. The summed E-state index contributed by atoms with van der Waals surface area (Å²) in [5.41, 5.74) is 1.91. The Morgan fingerprint density at radius 2 is 1.66 bits per heavy atom. The van der Waals surface area contributed by atoms with Gasteiger partial charge >= 0.3 is 12.4 Å². The molecular formula is C25H31F6N3O3S. The third-order valence-corrected chi connectivity index (χ3v) is 10.5. The zero-order chi connectivity index (χ0) is 27.6. The minimum atomic E-state index is -4.63. The summed E-state index contributed by atoms with van der Waals surface area (Å²) in [4.78, 5) is 0. The van der Waals surface area contributed by atoms with Crippen molar-refractivity contribution >= 4 is 16.3 Å². The Morgan fingerprint density at radius 3 is 2.26 bits per heavy atom. The van der Waals surface area contributed by atoms with E-state index in [0.717, 1.165) is 23.1 Å². The first-order chi connectivity index (χ1) is 17.6. The molecule has 3 atom stereocenters. The molecule has 0 unspecified atom stereocenters. The van der Waals surface area contributed by atoms with Crippen LogP contribution in [-0.4, -0.2) is 68.0 Å². The molecule has 2 aliphatic heterocycles. The SMILES string of the molecule is O=S1(=O)N[C@]2(CN1CC(F)(F)F)[C@@H]1CC[C@H]2Cc2cc(/C=C/C[N+]3([O-])CCC(C(F)(F)F)CC3)ccc2C1. The third kappa shape index (κ3) is 5.49. The lowest BCUT2D eigenvalue weighted by Crippen LogP contribution is -2.52. The van der Waals surface area contributed by atoms with E-state index in [9.17, 15) is 40.0 Å². The van der Waals surface area contributed by atoms with Gasteiger partial charge in [0, 0.05) is 19.4 Å². The fourth-order valence-corrected chi connectivity index (χ4v) is 8.60. The number of hydroxylamine groups is 3. The molecule has 38 heavy (non-hydrogen) atoms. The van der Waals surface area contributed by atoms with E-state index in [0.29, 0.717) is 23.6 Å². The van der Waals surface area contributed by atoms with E-state index in [-0.39, 0.29) is 50.9 Å². The highest BCUT2D eigenvalue weighted by Crippen LogP contribution is 2.50. The largest absolute Gasteiger partial charge is 0.633 e. The van der Waals surface area contributed by atoms with Gasteiger partial charge in [-0.2, -0.15) is 43.8 Å². The lowest BCUT2D eigenvalue weighted by molar-refractivity contribution is -0.881. The summed E-state index contributed by atoms with van der Waals surface area (Å²) in [6.45, 7) is -1.80. The fraction of sp³-hybridized carbons (Fsp3) is 0.680. The van der Waals surface area contributed by atoms with Crippen LogP contribution in [0.4, 0.5) is 26.3 Å². The molecule has 1 spiro atoms. The molecule has 0 amide bonds. The van der Waals surface area contributed by atoms with Gasteiger partial charge in [0.25, 0.3) is 10.2 Å². The van der Waals surface area contributed by atoms with Gasteiger partial charge in [0.2, 0.25) is 0 Å². The second-order valence-corrected chi connectivity index (χ2v) is 13.0. The summed E-state index contributed by atoms with van der Waals surface area (Å²) in [5.74, 6) is -1.68. The molecule has 4 aliphatic rings. The van der Waals surface area contributed by atoms with E-state index in [2.05, 4.69) is 4.72 Å². The molecular weight excluding hydrogens is 536 g/mol. The van der Waals surface area contributed by atoms with Crippen molar-refractivity contribution in [1.29, 1.82) is 0 Å². The Hall–Kier alpha value is -1.67. The number of likely N-dealkylation sites (tertiary alicyclic amines) is 1. The lowest BCUT2D eigenvalue weighted by atomic mass is 9.79. The molecule has 0 radical (unpaired) electrons. The molecule has 5 rings (SSSR count). The van der Waals surface area contributed by atoms with Gasteiger partial charge < -0.3 is 9.85 Å². The molecule has 0 aromatic heterocycles. The van der Waals surface area contributed by atoms with Crippen molar-refractivity contribution in [3.05, 3.63) is 46.2 Å². The van der Waals surface area contributed by atoms with Crippen LogP contribution in [0, 0.1) is 23.0 Å². The van der Waals surface area contributed by atoms with Crippen LogP contribution in [0.1, 0.15) is 42.4 Å². The van der Waals surface area contributed by atoms with E-state index in [1.54, 1.807) is 12.2 Å². The highest BCUT2D eigenvalue weighted by atomic mass is 32.2. The second kappa shape index (κ2) is 9.46. The number of halogens is 6. The zero-order valence-corrected chi connectivity index (χ0v) is 21.5. The first kappa shape index (κ1) is 27.9. The minimum Gasteiger partial charge on any atom is -0.633 e. The number of hydrogen-bond acceptors (Lipinski definition) is 3. The molecule has 2 aliphatic carbocycles. The molecule has 1 saturated carbocycles. The Bertz CT molecular complexity index is 1190. The van der Waals surface area contributed by atoms with Crippen LogP contribution in [0.3, 0.4) is 0 Å². The maximum atomic E-state index is 13.1. The summed E-state index contributed by atoms with van der Waals surface area (Å²) < 4.78 is 106. The number of nitrogens with one attached hydrogen (secondary N) is 1. The van der Waals surface area contributed by atoms with Gasteiger partial charge in [-0.1, -0.05) is 24.3 Å². The van der Waals surface area contributed by atoms with Crippen LogP contribution in [0.2, 0.25) is 0 Å². The van der Waals surface area contributed by atoms with E-state index in [1.807, 2.05) is 18.2 Å². The summed E-state index contributed by atoms with van der Waals surface area (Å²) in [7, 11) is -4.25. The molecule has 13 heteroatoms. The lowest BCUT2D eigenvalue weighted by Gasteiger charge is -2.47. The second-order valence-electron chi connectivity index (χ2n) is 11.3. The highest BCUT2D eigenvalue weighted by Gasteiger charge is 2.60. The van der Waals surface area contributed by atoms with Crippen molar-refractivity contribution in [2.75, 3.05) is 32.7 Å². The van der Waals surface area contributed by atoms with Crippen LogP contribution >= 0.6 is 0 Å². The topological polar surface area (TPSA) is 72.5 Å². The average molecular weight is 568 g/mol. The van der Waals surface area contributed by atoms with Crippen molar-refractivity contribution in [1.82, 2.24) is 9.03 Å². The summed E-state index contributed by atoms with van der Waals surface area (Å²) in [6.07, 6.45) is -3.27. The Morgan fingerprint density at radius 1 is 1.03 bits per heavy atom. The van der Waals surface area contributed by atoms with Gasteiger partial charge in [0.1, 0.15) is 6.54 Å². The van der Waals surface area contributed by atoms with Crippen molar-refractivity contribution in [2.45, 2.75) is 56.4 Å². The molecule has 2 bridgehead atoms. The van der Waals surface area contributed by atoms with Gasteiger partial charge in [-0.3, -0.25) is 0 Å². The molecule has 3 fully saturated rings. The standard InChI is InChI=1S/C25H31F6N3O3S/c26-24(27,28)16-33-15-23(32-38(33,36)37)21-5-6-22(23)14-19-12-17(3-4-18(19)13-21)2-1-9-34(35)10-7-20(8-11-34)25(29,30)31/h1-4,12,20-22,32H,5-11,13-16H2/b2-1+/t20?,21-,22+,23-,34?/m1/s1. The van der Waals surface area contributed by atoms with Gasteiger partial charge in [-0.15, -0.1) is 0 Å². The number of rotatable bonds is 4. The number of piperidine rings is 1.